The molecule has 0 bridgehead atoms. The van der Waals surface area contributed by atoms with Crippen LogP contribution in [0.15, 0.2) is 30.5 Å². The van der Waals surface area contributed by atoms with Gasteiger partial charge in [-0.25, -0.2) is 9.97 Å². The fourth-order valence-electron chi connectivity index (χ4n) is 3.19. The Kier molecular flexibility index (Phi) is 5.31. The number of hydrogen-bond donors (Lipinski definition) is 1. The second-order valence-electron chi connectivity index (χ2n) is 6.85. The molecule has 5 heteroatoms. The Hall–Kier alpha value is -2.43. The molecule has 0 saturated carbocycles. The normalized spacial score (nSPS) is 16.4. The van der Waals surface area contributed by atoms with Crippen LogP contribution in [-0.4, -0.2) is 36.4 Å². The number of aromatic nitrogens is 2. The number of ketones is 1. The quantitative estimate of drug-likeness (QED) is 0.815. The highest BCUT2D eigenvalue weighted by atomic mass is 16.1. The monoisotopic (exact) mass is 338 g/mol. The van der Waals surface area contributed by atoms with Crippen LogP contribution in [0, 0.1) is 0 Å². The van der Waals surface area contributed by atoms with Crippen LogP contribution in [0.4, 0.5) is 11.6 Å². The van der Waals surface area contributed by atoms with Crippen LogP contribution in [0.5, 0.6) is 0 Å². The topological polar surface area (TPSA) is 58.1 Å². The van der Waals surface area contributed by atoms with E-state index in [1.54, 1.807) is 6.20 Å². The number of carbonyl (C=O) groups excluding carboxylic acids is 1. The Balaban J connectivity index is 1.78. The minimum atomic E-state index is 0.142. The van der Waals surface area contributed by atoms with Crippen LogP contribution in [0.1, 0.15) is 53.7 Å². The lowest BCUT2D eigenvalue weighted by atomic mass is 9.82. The van der Waals surface area contributed by atoms with Crippen molar-refractivity contribution in [1.29, 1.82) is 0 Å². The van der Waals surface area contributed by atoms with Crippen LogP contribution in [0.25, 0.3) is 0 Å². The molecule has 0 amide bonds. The lowest BCUT2D eigenvalue weighted by Crippen LogP contribution is -2.21. The minimum absolute atomic E-state index is 0.142. The van der Waals surface area contributed by atoms with Crippen molar-refractivity contribution in [3.05, 3.63) is 47.3 Å². The maximum Gasteiger partial charge on any atom is 0.222 e. The average Bonchev–Trinajstić information content (AvgIpc) is 2.61. The zero-order valence-electron chi connectivity index (χ0n) is 15.2. The number of carbonyl (C=O) groups is 1. The molecule has 0 unspecified atom stereocenters. The Morgan fingerprint density at radius 3 is 2.64 bits per heavy atom. The maximum atomic E-state index is 12.5. The highest BCUT2D eigenvalue weighted by molar-refractivity contribution is 5.98. The molecule has 132 valence electrons. The summed E-state index contributed by atoms with van der Waals surface area (Å²) in [4.78, 5) is 23.5. The summed E-state index contributed by atoms with van der Waals surface area (Å²) in [7, 11) is 4.05. The molecule has 5 nitrogen and oxygen atoms in total. The zero-order chi connectivity index (χ0) is 17.8. The predicted octanol–water partition coefficient (Wildman–Crippen LogP) is 3.67. The summed E-state index contributed by atoms with van der Waals surface area (Å²) in [5, 5.41) is 3.25. The van der Waals surface area contributed by atoms with Crippen LogP contribution in [-0.2, 0) is 6.42 Å². The van der Waals surface area contributed by atoms with Gasteiger partial charge in [-0.1, -0.05) is 25.5 Å². The van der Waals surface area contributed by atoms with Gasteiger partial charge in [0.25, 0.3) is 0 Å². The number of hydrogen-bond acceptors (Lipinski definition) is 5. The van der Waals surface area contributed by atoms with E-state index in [2.05, 4.69) is 51.4 Å². The van der Waals surface area contributed by atoms with Gasteiger partial charge in [-0.05, 0) is 36.5 Å². The Bertz CT molecular complexity index is 740. The first-order valence-electron chi connectivity index (χ1n) is 8.98. The van der Waals surface area contributed by atoms with Gasteiger partial charge in [-0.15, -0.1) is 0 Å². The lowest BCUT2D eigenvalue weighted by molar-refractivity contribution is 0.0962. The van der Waals surface area contributed by atoms with Gasteiger partial charge in [-0.3, -0.25) is 4.79 Å². The molecule has 0 saturated heterocycles. The van der Waals surface area contributed by atoms with Crippen molar-refractivity contribution in [1.82, 2.24) is 9.97 Å². The number of rotatable bonds is 6. The number of anilines is 2. The number of nitrogens with zero attached hydrogens (tertiary/aromatic N) is 3. The van der Waals surface area contributed by atoms with Crippen LogP contribution in [0.2, 0.25) is 0 Å². The van der Waals surface area contributed by atoms with E-state index in [0.29, 0.717) is 17.9 Å². The van der Waals surface area contributed by atoms with E-state index in [1.807, 2.05) is 14.1 Å². The summed E-state index contributed by atoms with van der Waals surface area (Å²) in [5.74, 6) is 0.959. The van der Waals surface area contributed by atoms with E-state index in [4.69, 9.17) is 0 Å². The molecular formula is C20H26N4O. The van der Waals surface area contributed by atoms with Gasteiger partial charge in [0, 0.05) is 38.9 Å². The molecule has 1 aliphatic carbocycles. The Labute approximate surface area is 149 Å². The van der Waals surface area contributed by atoms with Gasteiger partial charge in [0.15, 0.2) is 5.78 Å². The van der Waals surface area contributed by atoms with Crippen molar-refractivity contribution in [3.8, 4) is 0 Å². The molecule has 1 N–H and O–H groups in total. The van der Waals surface area contributed by atoms with Gasteiger partial charge in [0.2, 0.25) is 5.95 Å². The smallest absolute Gasteiger partial charge is 0.222 e. The second-order valence-corrected chi connectivity index (χ2v) is 6.85. The number of unbranched alkanes of at least 4 members (excludes halogenated alkanes) is 1. The molecule has 25 heavy (non-hydrogen) atoms. The van der Waals surface area contributed by atoms with Crippen molar-refractivity contribution in [2.24, 2.45) is 0 Å². The maximum absolute atomic E-state index is 12.5. The molecular weight excluding hydrogens is 312 g/mol. The molecule has 1 aromatic heterocycles. The van der Waals surface area contributed by atoms with E-state index in [0.717, 1.165) is 37.2 Å². The molecule has 1 aromatic carbocycles. The molecule has 3 rings (SSSR count). The molecule has 1 heterocycles. The van der Waals surface area contributed by atoms with E-state index >= 15 is 0 Å². The van der Waals surface area contributed by atoms with Gasteiger partial charge in [-0.2, -0.15) is 0 Å². The standard InChI is InChI=1S/C20H26N4O/c1-4-5-10-21-20-22-13-17-18(23-20)11-15(12-19(17)25)14-6-8-16(9-7-14)24(2)3/h6-9,13,15H,4-5,10-12H2,1-3H3,(H,21,22,23)/t15-/m1/s1. The van der Waals surface area contributed by atoms with Gasteiger partial charge >= 0.3 is 0 Å². The minimum Gasteiger partial charge on any atom is -0.378 e. The van der Waals surface area contributed by atoms with E-state index in [1.165, 1.54) is 5.56 Å². The van der Waals surface area contributed by atoms with Crippen molar-refractivity contribution in [3.63, 3.8) is 0 Å². The van der Waals surface area contributed by atoms with E-state index < -0.39 is 0 Å². The van der Waals surface area contributed by atoms with E-state index in [9.17, 15) is 4.79 Å². The number of nitrogens with one attached hydrogen (secondary N) is 1. The summed E-state index contributed by atoms with van der Waals surface area (Å²) in [6, 6.07) is 8.46. The molecule has 0 spiro atoms. The molecule has 1 atom stereocenters. The predicted molar refractivity (Wildman–Crippen MR) is 102 cm³/mol. The molecule has 2 aromatic rings. The lowest BCUT2D eigenvalue weighted by Gasteiger charge is -2.24. The largest absolute Gasteiger partial charge is 0.378 e. The first kappa shape index (κ1) is 17.4. The summed E-state index contributed by atoms with van der Waals surface area (Å²) in [6.45, 7) is 3.01. The summed E-state index contributed by atoms with van der Waals surface area (Å²) in [5.41, 5.74) is 3.91. The van der Waals surface area contributed by atoms with Crippen LogP contribution >= 0.6 is 0 Å². The third-order valence-corrected chi connectivity index (χ3v) is 4.73. The fourth-order valence-corrected chi connectivity index (χ4v) is 3.19. The number of Topliss-reactive ketones (excluding diaryl/α,β-unsaturated/α-hetero) is 1. The Morgan fingerprint density at radius 2 is 1.96 bits per heavy atom. The van der Waals surface area contributed by atoms with Gasteiger partial charge < -0.3 is 10.2 Å². The van der Waals surface area contributed by atoms with Crippen molar-refractivity contribution in [2.45, 2.75) is 38.5 Å². The SMILES string of the molecule is CCCCNc1ncc2c(n1)C[C@@H](c1ccc(N(C)C)cc1)CC2=O. The first-order chi connectivity index (χ1) is 12.1. The molecule has 0 fully saturated rings. The molecule has 0 aliphatic heterocycles. The molecule has 0 radical (unpaired) electrons. The first-order valence-corrected chi connectivity index (χ1v) is 8.98. The fraction of sp³-hybridized carbons (Fsp3) is 0.450. The van der Waals surface area contributed by atoms with Crippen molar-refractivity contribution >= 4 is 17.4 Å². The van der Waals surface area contributed by atoms with E-state index in [-0.39, 0.29) is 11.7 Å². The van der Waals surface area contributed by atoms with Gasteiger partial charge in [0.1, 0.15) is 0 Å². The van der Waals surface area contributed by atoms with Gasteiger partial charge in [0.05, 0.1) is 11.3 Å². The zero-order valence-corrected chi connectivity index (χ0v) is 15.2. The third-order valence-electron chi connectivity index (χ3n) is 4.73. The van der Waals surface area contributed by atoms with Crippen molar-refractivity contribution in [2.75, 3.05) is 30.9 Å². The average molecular weight is 338 g/mol. The highest BCUT2D eigenvalue weighted by Gasteiger charge is 2.28. The molecule has 1 aliphatic rings. The number of benzene rings is 1. The third kappa shape index (κ3) is 3.98. The summed E-state index contributed by atoms with van der Waals surface area (Å²) in [6.07, 6.45) is 5.21. The summed E-state index contributed by atoms with van der Waals surface area (Å²) < 4.78 is 0. The van der Waals surface area contributed by atoms with Crippen molar-refractivity contribution < 1.29 is 4.79 Å². The highest BCUT2D eigenvalue weighted by Crippen LogP contribution is 2.32. The second kappa shape index (κ2) is 7.64. The van der Waals surface area contributed by atoms with Crippen LogP contribution < -0.4 is 10.2 Å². The number of fused-ring (bicyclic) bond motifs is 1. The van der Waals surface area contributed by atoms with Crippen LogP contribution in [0.3, 0.4) is 0 Å². The summed E-state index contributed by atoms with van der Waals surface area (Å²) >= 11 is 0. The Morgan fingerprint density at radius 1 is 1.20 bits per heavy atom.